The molecule has 0 unspecified atom stereocenters. The molecule has 3 rings (SSSR count). The molecule has 20 heavy (non-hydrogen) atoms. The fourth-order valence-corrected chi connectivity index (χ4v) is 2.93. The van der Waals surface area contributed by atoms with Gasteiger partial charge in [0.05, 0.1) is 31.4 Å². The van der Waals surface area contributed by atoms with Crippen molar-refractivity contribution < 1.29 is 14.3 Å². The minimum Gasteiger partial charge on any atom is -0.496 e. The van der Waals surface area contributed by atoms with E-state index in [2.05, 4.69) is 5.32 Å². The molecule has 108 valence electrons. The van der Waals surface area contributed by atoms with E-state index in [1.807, 2.05) is 0 Å². The summed E-state index contributed by atoms with van der Waals surface area (Å²) in [6.45, 7) is 2.82. The zero-order chi connectivity index (χ0) is 14.1. The van der Waals surface area contributed by atoms with Gasteiger partial charge in [-0.3, -0.25) is 4.79 Å². The Morgan fingerprint density at radius 3 is 3.10 bits per heavy atom. The van der Waals surface area contributed by atoms with Crippen molar-refractivity contribution in [3.63, 3.8) is 0 Å². The minimum atomic E-state index is -0.0432. The van der Waals surface area contributed by atoms with Gasteiger partial charge >= 0.3 is 0 Å². The first-order valence-electron chi connectivity index (χ1n) is 6.67. The Morgan fingerprint density at radius 2 is 2.35 bits per heavy atom. The second-order valence-electron chi connectivity index (χ2n) is 5.02. The van der Waals surface area contributed by atoms with Gasteiger partial charge in [0.2, 0.25) is 0 Å². The SMILES string of the molecule is COc1cc(Cl)ccc1C(=O)N1C[C@@H]2NCCO[C@H]2C1. The molecule has 1 aromatic carbocycles. The Kier molecular flexibility index (Phi) is 3.83. The minimum absolute atomic E-state index is 0.0432. The van der Waals surface area contributed by atoms with E-state index in [0.717, 1.165) is 6.54 Å². The van der Waals surface area contributed by atoms with E-state index < -0.39 is 0 Å². The Morgan fingerprint density at radius 1 is 1.50 bits per heavy atom. The summed E-state index contributed by atoms with van der Waals surface area (Å²) in [5, 5.41) is 3.94. The lowest BCUT2D eigenvalue weighted by molar-refractivity contribution is 0.0176. The number of carbonyl (C=O) groups excluding carboxylic acids is 1. The number of amides is 1. The lowest BCUT2D eigenvalue weighted by atomic mass is 10.1. The predicted molar refractivity (Wildman–Crippen MR) is 75.4 cm³/mol. The molecular weight excluding hydrogens is 280 g/mol. The van der Waals surface area contributed by atoms with Gasteiger partial charge in [-0.15, -0.1) is 0 Å². The second-order valence-corrected chi connectivity index (χ2v) is 5.46. The van der Waals surface area contributed by atoms with Gasteiger partial charge in [0.25, 0.3) is 5.91 Å². The maximum absolute atomic E-state index is 12.6. The highest BCUT2D eigenvalue weighted by Crippen LogP contribution is 2.26. The average Bonchev–Trinajstić information content (AvgIpc) is 2.90. The van der Waals surface area contributed by atoms with Crippen molar-refractivity contribution in [3.8, 4) is 5.75 Å². The Balaban J connectivity index is 1.79. The average molecular weight is 297 g/mol. The van der Waals surface area contributed by atoms with Crippen LogP contribution in [0.4, 0.5) is 0 Å². The van der Waals surface area contributed by atoms with Crippen LogP contribution in [0.15, 0.2) is 18.2 Å². The van der Waals surface area contributed by atoms with Crippen molar-refractivity contribution in [1.29, 1.82) is 0 Å². The van der Waals surface area contributed by atoms with Crippen molar-refractivity contribution in [2.75, 3.05) is 33.4 Å². The van der Waals surface area contributed by atoms with Crippen LogP contribution in [-0.2, 0) is 4.74 Å². The smallest absolute Gasteiger partial charge is 0.257 e. The Labute approximate surface area is 122 Å². The number of halogens is 1. The number of ether oxygens (including phenoxy) is 2. The molecule has 1 amide bonds. The van der Waals surface area contributed by atoms with Crippen LogP contribution in [0.25, 0.3) is 0 Å². The number of fused-ring (bicyclic) bond motifs is 1. The van der Waals surface area contributed by atoms with E-state index in [-0.39, 0.29) is 18.1 Å². The zero-order valence-corrected chi connectivity index (χ0v) is 12.0. The maximum Gasteiger partial charge on any atom is 0.257 e. The molecule has 0 radical (unpaired) electrons. The first-order valence-corrected chi connectivity index (χ1v) is 7.04. The molecule has 2 atom stereocenters. The molecule has 0 saturated carbocycles. The highest BCUT2D eigenvalue weighted by atomic mass is 35.5. The third-order valence-corrected chi connectivity index (χ3v) is 4.02. The van der Waals surface area contributed by atoms with Crippen molar-refractivity contribution in [2.24, 2.45) is 0 Å². The molecule has 0 spiro atoms. The monoisotopic (exact) mass is 296 g/mol. The van der Waals surface area contributed by atoms with Gasteiger partial charge < -0.3 is 19.7 Å². The summed E-state index contributed by atoms with van der Waals surface area (Å²) in [4.78, 5) is 14.4. The zero-order valence-electron chi connectivity index (χ0n) is 11.3. The van der Waals surface area contributed by atoms with Gasteiger partial charge in [0.15, 0.2) is 0 Å². The normalized spacial score (nSPS) is 25.4. The molecule has 1 aromatic rings. The number of rotatable bonds is 2. The third-order valence-electron chi connectivity index (χ3n) is 3.79. The number of benzene rings is 1. The number of nitrogens with one attached hydrogen (secondary N) is 1. The quantitative estimate of drug-likeness (QED) is 0.890. The van der Waals surface area contributed by atoms with Gasteiger partial charge in [-0.25, -0.2) is 0 Å². The van der Waals surface area contributed by atoms with Crippen LogP contribution in [0.1, 0.15) is 10.4 Å². The van der Waals surface area contributed by atoms with Crippen LogP contribution < -0.4 is 10.1 Å². The van der Waals surface area contributed by atoms with Crippen molar-refractivity contribution in [2.45, 2.75) is 12.1 Å². The molecule has 2 heterocycles. The molecule has 2 saturated heterocycles. The fraction of sp³-hybridized carbons (Fsp3) is 0.500. The number of methoxy groups -OCH3 is 1. The van der Waals surface area contributed by atoms with Crippen LogP contribution in [0.2, 0.25) is 5.02 Å². The Bertz CT molecular complexity index is 509. The molecule has 0 bridgehead atoms. The summed E-state index contributed by atoms with van der Waals surface area (Å²) in [7, 11) is 1.54. The third kappa shape index (κ3) is 2.49. The summed E-state index contributed by atoms with van der Waals surface area (Å²) < 4.78 is 10.9. The van der Waals surface area contributed by atoms with Crippen LogP contribution in [0, 0.1) is 0 Å². The molecule has 0 aromatic heterocycles. The maximum atomic E-state index is 12.6. The largest absolute Gasteiger partial charge is 0.496 e. The molecule has 0 aliphatic carbocycles. The van der Waals surface area contributed by atoms with E-state index in [1.165, 1.54) is 7.11 Å². The summed E-state index contributed by atoms with van der Waals surface area (Å²) in [5.41, 5.74) is 0.538. The standard InChI is InChI=1S/C14H17ClN2O3/c1-19-12-6-9(15)2-3-10(12)14(18)17-7-11-13(8-17)20-5-4-16-11/h2-3,6,11,13,16H,4-5,7-8H2,1H3/t11-,13-/m0/s1. The molecule has 6 heteroatoms. The molecule has 1 N–H and O–H groups in total. The van der Waals surface area contributed by atoms with E-state index in [4.69, 9.17) is 21.1 Å². The fourth-order valence-electron chi connectivity index (χ4n) is 2.77. The van der Waals surface area contributed by atoms with Crippen molar-refractivity contribution in [3.05, 3.63) is 28.8 Å². The molecule has 5 nitrogen and oxygen atoms in total. The predicted octanol–water partition coefficient (Wildman–Crippen LogP) is 1.16. The molecule has 2 aliphatic heterocycles. The van der Waals surface area contributed by atoms with Gasteiger partial charge in [-0.1, -0.05) is 11.6 Å². The van der Waals surface area contributed by atoms with E-state index >= 15 is 0 Å². The van der Waals surface area contributed by atoms with E-state index in [1.54, 1.807) is 23.1 Å². The highest BCUT2D eigenvalue weighted by Gasteiger charge is 2.38. The van der Waals surface area contributed by atoms with Gasteiger partial charge in [0, 0.05) is 24.7 Å². The number of likely N-dealkylation sites (tertiary alicyclic amines) is 1. The number of hydrogen-bond acceptors (Lipinski definition) is 4. The number of hydrogen-bond donors (Lipinski definition) is 1. The number of morpholine rings is 1. The first kappa shape index (κ1) is 13.7. The van der Waals surface area contributed by atoms with E-state index in [0.29, 0.717) is 36.0 Å². The van der Waals surface area contributed by atoms with Crippen LogP contribution in [-0.4, -0.2) is 56.3 Å². The topological polar surface area (TPSA) is 50.8 Å². The van der Waals surface area contributed by atoms with Crippen LogP contribution in [0.5, 0.6) is 5.75 Å². The highest BCUT2D eigenvalue weighted by molar-refractivity contribution is 6.30. The lowest BCUT2D eigenvalue weighted by Gasteiger charge is -2.25. The molecular formula is C14H17ClN2O3. The summed E-state index contributed by atoms with van der Waals surface area (Å²) >= 11 is 5.92. The number of carbonyl (C=O) groups is 1. The van der Waals surface area contributed by atoms with Crippen LogP contribution >= 0.6 is 11.6 Å². The number of nitrogens with zero attached hydrogens (tertiary/aromatic N) is 1. The van der Waals surface area contributed by atoms with Gasteiger partial charge in [-0.2, -0.15) is 0 Å². The molecule has 2 aliphatic rings. The van der Waals surface area contributed by atoms with Crippen molar-refractivity contribution >= 4 is 17.5 Å². The van der Waals surface area contributed by atoms with Crippen molar-refractivity contribution in [1.82, 2.24) is 10.2 Å². The summed E-state index contributed by atoms with van der Waals surface area (Å²) in [5.74, 6) is 0.463. The first-order chi connectivity index (χ1) is 9.69. The van der Waals surface area contributed by atoms with Gasteiger partial charge in [0.1, 0.15) is 5.75 Å². The summed E-state index contributed by atoms with van der Waals surface area (Å²) in [6, 6.07) is 5.30. The Hall–Kier alpha value is -1.30. The van der Waals surface area contributed by atoms with Gasteiger partial charge in [-0.05, 0) is 18.2 Å². The summed E-state index contributed by atoms with van der Waals surface area (Å²) in [6.07, 6.45) is 0.0889. The lowest BCUT2D eigenvalue weighted by Crippen LogP contribution is -2.47. The molecule has 2 fully saturated rings. The van der Waals surface area contributed by atoms with E-state index in [9.17, 15) is 4.79 Å². The van der Waals surface area contributed by atoms with Crippen LogP contribution in [0.3, 0.4) is 0 Å². The second kappa shape index (κ2) is 5.60.